The first-order chi connectivity index (χ1) is 9.54. The number of carboxylic acids is 1. The number of hydrogen-bond acceptors (Lipinski definition) is 4. The second-order valence-electron chi connectivity index (χ2n) is 3.95. The molecule has 8 nitrogen and oxygen atoms in total. The lowest BCUT2D eigenvalue weighted by molar-refractivity contribution is -0.126. The van der Waals surface area contributed by atoms with Crippen LogP contribution >= 0.6 is 0 Å². The largest absolute Gasteiger partial charge is 0.477 e. The fraction of sp³-hybridized carbons (Fsp3) is 0.417. The van der Waals surface area contributed by atoms with Crippen LogP contribution in [0, 0.1) is 0 Å². The second kappa shape index (κ2) is 7.95. The van der Waals surface area contributed by atoms with Gasteiger partial charge in [0.2, 0.25) is 11.8 Å². The zero-order valence-electron chi connectivity index (χ0n) is 11.1. The van der Waals surface area contributed by atoms with Gasteiger partial charge < -0.3 is 25.0 Å². The van der Waals surface area contributed by atoms with Crippen LogP contribution in [0.5, 0.6) is 0 Å². The third-order valence-electron chi connectivity index (χ3n) is 2.44. The quantitative estimate of drug-likeness (QED) is 0.534. The highest BCUT2D eigenvalue weighted by Crippen LogP contribution is 2.01. The van der Waals surface area contributed by atoms with Crippen molar-refractivity contribution in [2.45, 2.75) is 6.54 Å². The Balaban J connectivity index is 2.35. The van der Waals surface area contributed by atoms with E-state index in [0.717, 1.165) is 0 Å². The van der Waals surface area contributed by atoms with Crippen LogP contribution in [0.2, 0.25) is 0 Å². The van der Waals surface area contributed by atoms with E-state index in [0.29, 0.717) is 13.2 Å². The highest BCUT2D eigenvalue weighted by atomic mass is 16.5. The molecule has 110 valence electrons. The summed E-state index contributed by atoms with van der Waals surface area (Å²) in [6.07, 6.45) is 1.49. The number of rotatable bonds is 8. The van der Waals surface area contributed by atoms with Crippen LogP contribution in [0.15, 0.2) is 18.3 Å². The molecule has 0 spiro atoms. The molecule has 0 fully saturated rings. The van der Waals surface area contributed by atoms with Gasteiger partial charge in [-0.1, -0.05) is 0 Å². The Bertz CT molecular complexity index is 483. The van der Waals surface area contributed by atoms with E-state index < -0.39 is 11.9 Å². The molecule has 3 N–H and O–H groups in total. The van der Waals surface area contributed by atoms with Crippen LogP contribution in [0.3, 0.4) is 0 Å². The van der Waals surface area contributed by atoms with E-state index in [9.17, 15) is 14.4 Å². The number of carbonyl (C=O) groups is 3. The molecule has 0 saturated carbocycles. The number of amides is 2. The minimum Gasteiger partial charge on any atom is -0.477 e. The Morgan fingerprint density at radius 3 is 2.70 bits per heavy atom. The van der Waals surface area contributed by atoms with E-state index in [-0.39, 0.29) is 24.7 Å². The first-order valence-corrected chi connectivity index (χ1v) is 5.95. The maximum atomic E-state index is 11.6. The van der Waals surface area contributed by atoms with Crippen molar-refractivity contribution < 1.29 is 24.2 Å². The van der Waals surface area contributed by atoms with Gasteiger partial charge in [-0.05, 0) is 12.1 Å². The highest BCUT2D eigenvalue weighted by Gasteiger charge is 2.12. The summed E-state index contributed by atoms with van der Waals surface area (Å²) in [5.74, 6) is -1.88. The molecule has 0 aliphatic carbocycles. The number of ether oxygens (including phenoxy) is 1. The number of nitrogens with zero attached hydrogens (tertiary/aromatic N) is 1. The number of nitrogens with one attached hydrogen (secondary N) is 2. The fourth-order valence-electron chi connectivity index (χ4n) is 1.49. The molecule has 0 radical (unpaired) electrons. The van der Waals surface area contributed by atoms with Crippen molar-refractivity contribution in [3.05, 3.63) is 24.0 Å². The van der Waals surface area contributed by atoms with Crippen LogP contribution in [0.25, 0.3) is 0 Å². The summed E-state index contributed by atoms with van der Waals surface area (Å²) >= 11 is 0. The van der Waals surface area contributed by atoms with Crippen LogP contribution in [-0.4, -0.2) is 54.3 Å². The van der Waals surface area contributed by atoms with Crippen molar-refractivity contribution >= 4 is 17.8 Å². The lowest BCUT2D eigenvalue weighted by atomic mass is 10.4. The molecule has 1 rings (SSSR count). The topological polar surface area (TPSA) is 110 Å². The number of aromatic nitrogens is 1. The number of aromatic carboxylic acids is 1. The molecule has 20 heavy (non-hydrogen) atoms. The maximum Gasteiger partial charge on any atom is 0.352 e. The van der Waals surface area contributed by atoms with Gasteiger partial charge in [-0.25, -0.2) is 4.79 Å². The van der Waals surface area contributed by atoms with E-state index in [1.54, 1.807) is 0 Å². The van der Waals surface area contributed by atoms with Crippen LogP contribution in [-0.2, 0) is 20.9 Å². The van der Waals surface area contributed by atoms with Crippen molar-refractivity contribution in [2.75, 3.05) is 26.8 Å². The van der Waals surface area contributed by atoms with Crippen LogP contribution < -0.4 is 10.6 Å². The average Bonchev–Trinajstić information content (AvgIpc) is 2.85. The van der Waals surface area contributed by atoms with Gasteiger partial charge in [0, 0.05) is 19.9 Å². The fourth-order valence-corrected chi connectivity index (χ4v) is 1.49. The molecule has 2 amide bonds. The van der Waals surface area contributed by atoms with Crippen molar-refractivity contribution in [2.24, 2.45) is 0 Å². The summed E-state index contributed by atoms with van der Waals surface area (Å²) in [7, 11) is 1.52. The van der Waals surface area contributed by atoms with Gasteiger partial charge in [0.25, 0.3) is 0 Å². The summed E-state index contributed by atoms with van der Waals surface area (Å²) in [5, 5.41) is 13.8. The standard InChI is InChI=1S/C12H17N3O5/c1-20-6-4-13-10(16)7-14-11(17)8-15-5-2-3-9(15)12(18)19/h2-3,5H,4,6-8H2,1H3,(H,13,16)(H,14,17)(H,18,19). The summed E-state index contributed by atoms with van der Waals surface area (Å²) in [4.78, 5) is 33.8. The molecule has 1 aromatic heterocycles. The van der Waals surface area contributed by atoms with E-state index in [1.807, 2.05) is 0 Å². The van der Waals surface area contributed by atoms with E-state index in [4.69, 9.17) is 9.84 Å². The summed E-state index contributed by atoms with van der Waals surface area (Å²) in [6, 6.07) is 2.93. The minimum atomic E-state index is -1.11. The summed E-state index contributed by atoms with van der Waals surface area (Å²) < 4.78 is 6.05. The molecule has 8 heteroatoms. The molecule has 0 unspecified atom stereocenters. The minimum absolute atomic E-state index is 0.0182. The van der Waals surface area contributed by atoms with Crippen molar-refractivity contribution in [3.63, 3.8) is 0 Å². The molecule has 0 saturated heterocycles. The first kappa shape index (κ1) is 15.7. The van der Waals surface area contributed by atoms with E-state index >= 15 is 0 Å². The molecule has 0 aliphatic rings. The number of carbonyl (C=O) groups excluding carboxylic acids is 2. The molecule has 0 aliphatic heterocycles. The number of methoxy groups -OCH3 is 1. The van der Waals surface area contributed by atoms with Crippen LogP contribution in [0.1, 0.15) is 10.5 Å². The van der Waals surface area contributed by atoms with Gasteiger partial charge in [0.1, 0.15) is 12.2 Å². The maximum absolute atomic E-state index is 11.6. The smallest absolute Gasteiger partial charge is 0.352 e. The average molecular weight is 283 g/mol. The molecule has 0 bridgehead atoms. The van der Waals surface area contributed by atoms with Crippen molar-refractivity contribution in [3.8, 4) is 0 Å². The summed E-state index contributed by atoms with van der Waals surface area (Å²) in [5.41, 5.74) is 0.0182. The van der Waals surface area contributed by atoms with Gasteiger partial charge in [-0.3, -0.25) is 9.59 Å². The van der Waals surface area contributed by atoms with Crippen molar-refractivity contribution in [1.29, 1.82) is 0 Å². The SMILES string of the molecule is COCCNC(=O)CNC(=O)Cn1cccc1C(=O)O. The molecule has 0 aromatic carbocycles. The molecular weight excluding hydrogens is 266 g/mol. The predicted octanol–water partition coefficient (Wildman–Crippen LogP) is -0.935. The normalized spacial score (nSPS) is 10.1. The zero-order chi connectivity index (χ0) is 15.0. The summed E-state index contributed by atoms with van der Waals surface area (Å²) in [6.45, 7) is 0.448. The molecular formula is C12H17N3O5. The van der Waals surface area contributed by atoms with Crippen LogP contribution in [0.4, 0.5) is 0 Å². The predicted molar refractivity (Wildman–Crippen MR) is 69.3 cm³/mol. The third kappa shape index (κ3) is 5.11. The van der Waals surface area contributed by atoms with Gasteiger partial charge in [0.15, 0.2) is 0 Å². The Morgan fingerprint density at radius 1 is 1.30 bits per heavy atom. The number of carboxylic acid groups (broad SMARTS) is 1. The molecule has 1 heterocycles. The first-order valence-electron chi connectivity index (χ1n) is 5.95. The van der Waals surface area contributed by atoms with Crippen molar-refractivity contribution in [1.82, 2.24) is 15.2 Å². The van der Waals surface area contributed by atoms with Gasteiger partial charge in [0.05, 0.1) is 13.2 Å². The monoisotopic (exact) mass is 283 g/mol. The lowest BCUT2D eigenvalue weighted by Gasteiger charge is -2.08. The van der Waals surface area contributed by atoms with E-state index in [2.05, 4.69) is 10.6 Å². The van der Waals surface area contributed by atoms with E-state index in [1.165, 1.54) is 30.0 Å². The zero-order valence-corrected chi connectivity index (χ0v) is 11.1. The Kier molecular flexibility index (Phi) is 6.24. The van der Waals surface area contributed by atoms with Gasteiger partial charge in [-0.2, -0.15) is 0 Å². The molecule has 0 atom stereocenters. The number of hydrogen-bond donors (Lipinski definition) is 3. The van der Waals surface area contributed by atoms with Gasteiger partial charge >= 0.3 is 5.97 Å². The van der Waals surface area contributed by atoms with Gasteiger partial charge in [-0.15, -0.1) is 0 Å². The lowest BCUT2D eigenvalue weighted by Crippen LogP contribution is -2.39. The third-order valence-corrected chi connectivity index (χ3v) is 2.44. The Hall–Kier alpha value is -2.35. The highest BCUT2D eigenvalue weighted by molar-refractivity contribution is 5.88. The Morgan fingerprint density at radius 2 is 2.05 bits per heavy atom. The Labute approximate surface area is 115 Å². The molecule has 1 aromatic rings. The second-order valence-corrected chi connectivity index (χ2v) is 3.95.